The highest BCUT2D eigenvalue weighted by molar-refractivity contribution is 6.44. The molecule has 0 radical (unpaired) electrons. The van der Waals surface area contributed by atoms with Gasteiger partial charge in [0.25, 0.3) is 5.91 Å². The fraction of sp³-hybridized carbons (Fsp3) is 0.214. The molecule has 0 fully saturated rings. The first kappa shape index (κ1) is 16.2. The number of rotatable bonds is 5. The fourth-order valence-corrected chi connectivity index (χ4v) is 2.36. The van der Waals surface area contributed by atoms with E-state index in [0.717, 1.165) is 5.76 Å². The molecule has 7 heteroatoms. The van der Waals surface area contributed by atoms with Crippen molar-refractivity contribution in [3.05, 3.63) is 51.4 Å². The molecule has 1 aromatic heterocycles. The van der Waals surface area contributed by atoms with Crippen LogP contribution in [-0.2, 0) is 4.79 Å². The van der Waals surface area contributed by atoms with Gasteiger partial charge in [0.15, 0.2) is 12.3 Å². The van der Waals surface area contributed by atoms with Crippen LogP contribution in [0.25, 0.3) is 0 Å². The molecule has 0 bridgehead atoms. The lowest BCUT2D eigenvalue weighted by Crippen LogP contribution is -2.86. The van der Waals surface area contributed by atoms with Gasteiger partial charge in [-0.2, -0.15) is 0 Å². The highest BCUT2D eigenvalue weighted by Crippen LogP contribution is 2.32. The molecule has 0 aliphatic carbocycles. The number of carbonyl (C=O) groups excluding carboxylic acids is 1. The van der Waals surface area contributed by atoms with Gasteiger partial charge in [0.2, 0.25) is 0 Å². The van der Waals surface area contributed by atoms with Gasteiger partial charge in [-0.05, 0) is 31.2 Å². The molecule has 2 rings (SSSR count). The zero-order valence-corrected chi connectivity index (χ0v) is 13.5. The van der Waals surface area contributed by atoms with E-state index in [4.69, 9.17) is 39.2 Å². The van der Waals surface area contributed by atoms with Crippen molar-refractivity contribution in [2.75, 3.05) is 11.9 Å². The number of hydrogen-bond donors (Lipinski definition) is 2. The summed E-state index contributed by atoms with van der Waals surface area (Å²) >= 11 is 17.7. The fourth-order valence-electron chi connectivity index (χ4n) is 1.77. The van der Waals surface area contributed by atoms with Crippen LogP contribution in [-0.4, -0.2) is 12.5 Å². The Bertz CT molecular complexity index is 629. The lowest BCUT2D eigenvalue weighted by molar-refractivity contribution is -0.684. The first-order chi connectivity index (χ1) is 9.97. The summed E-state index contributed by atoms with van der Waals surface area (Å²) in [6, 6.07) is 6.76. The van der Waals surface area contributed by atoms with Crippen molar-refractivity contribution in [2.45, 2.75) is 13.0 Å². The number of quaternary nitrogens is 1. The van der Waals surface area contributed by atoms with Gasteiger partial charge in [-0.3, -0.25) is 4.79 Å². The molecule has 0 aliphatic rings. The van der Waals surface area contributed by atoms with Crippen LogP contribution in [0.15, 0.2) is 34.9 Å². The van der Waals surface area contributed by atoms with Crippen LogP contribution in [0, 0.1) is 0 Å². The lowest BCUT2D eigenvalue weighted by Gasteiger charge is -2.10. The van der Waals surface area contributed by atoms with Gasteiger partial charge in [-0.1, -0.05) is 34.8 Å². The Labute approximate surface area is 137 Å². The molecule has 1 amide bonds. The number of halogens is 3. The van der Waals surface area contributed by atoms with Crippen LogP contribution in [0.5, 0.6) is 0 Å². The number of furan rings is 1. The standard InChI is InChI=1S/C14H13Cl3N2O2/c1-8(13-3-2-4-21-13)18-7-14(20)19-12-6-10(16)9(15)5-11(12)17/h2-6,8,18H,7H2,1H3,(H,19,20)/p+1/t8-/m0/s1. The van der Waals surface area contributed by atoms with Gasteiger partial charge in [0, 0.05) is 0 Å². The molecule has 1 heterocycles. The maximum absolute atomic E-state index is 11.9. The van der Waals surface area contributed by atoms with Gasteiger partial charge in [0.1, 0.15) is 6.04 Å². The van der Waals surface area contributed by atoms with Gasteiger partial charge in [-0.25, -0.2) is 0 Å². The number of anilines is 1. The molecule has 4 nitrogen and oxygen atoms in total. The van der Waals surface area contributed by atoms with Crippen molar-refractivity contribution in [3.63, 3.8) is 0 Å². The van der Waals surface area contributed by atoms with E-state index in [1.165, 1.54) is 12.1 Å². The van der Waals surface area contributed by atoms with Crippen LogP contribution >= 0.6 is 34.8 Å². The number of hydrogen-bond acceptors (Lipinski definition) is 2. The quantitative estimate of drug-likeness (QED) is 0.812. The minimum atomic E-state index is -0.186. The van der Waals surface area contributed by atoms with E-state index in [-0.39, 0.29) is 18.5 Å². The van der Waals surface area contributed by atoms with Crippen LogP contribution in [0.2, 0.25) is 15.1 Å². The maximum atomic E-state index is 11.9. The molecule has 1 atom stereocenters. The summed E-state index contributed by atoms with van der Waals surface area (Å²) in [6.45, 7) is 2.19. The smallest absolute Gasteiger partial charge is 0.279 e. The van der Waals surface area contributed by atoms with Crippen LogP contribution < -0.4 is 10.6 Å². The predicted molar refractivity (Wildman–Crippen MR) is 84.0 cm³/mol. The molecule has 0 spiro atoms. The molecule has 2 aromatic rings. The predicted octanol–water partition coefficient (Wildman–Crippen LogP) is 3.50. The molecule has 112 valence electrons. The van der Waals surface area contributed by atoms with E-state index < -0.39 is 0 Å². The summed E-state index contributed by atoms with van der Waals surface area (Å²) in [5.41, 5.74) is 0.440. The Morgan fingerprint density at radius 1 is 1.29 bits per heavy atom. The minimum absolute atomic E-state index is 0.0510. The van der Waals surface area contributed by atoms with E-state index >= 15 is 0 Å². The van der Waals surface area contributed by atoms with Crippen molar-refractivity contribution < 1.29 is 14.5 Å². The second kappa shape index (κ2) is 7.18. The van der Waals surface area contributed by atoms with Crippen molar-refractivity contribution >= 4 is 46.4 Å². The van der Waals surface area contributed by atoms with Crippen LogP contribution in [0.3, 0.4) is 0 Å². The lowest BCUT2D eigenvalue weighted by atomic mass is 10.2. The summed E-state index contributed by atoms with van der Waals surface area (Å²) in [7, 11) is 0. The van der Waals surface area contributed by atoms with E-state index in [1.807, 2.05) is 24.4 Å². The van der Waals surface area contributed by atoms with Gasteiger partial charge < -0.3 is 15.1 Å². The number of benzene rings is 1. The second-order valence-corrected chi connectivity index (χ2v) is 5.76. The second-order valence-electron chi connectivity index (χ2n) is 4.54. The molecule has 0 saturated heterocycles. The molecule has 3 N–H and O–H groups in total. The Morgan fingerprint density at radius 3 is 2.67 bits per heavy atom. The number of nitrogens with one attached hydrogen (secondary N) is 1. The zero-order valence-electron chi connectivity index (χ0n) is 11.2. The van der Waals surface area contributed by atoms with E-state index in [9.17, 15) is 4.79 Å². The Kier molecular flexibility index (Phi) is 5.53. The molecular weight excluding hydrogens is 335 g/mol. The normalized spacial score (nSPS) is 12.2. The maximum Gasteiger partial charge on any atom is 0.279 e. The number of amides is 1. The van der Waals surface area contributed by atoms with Crippen LogP contribution in [0.1, 0.15) is 18.7 Å². The largest absolute Gasteiger partial charge is 0.463 e. The highest BCUT2D eigenvalue weighted by atomic mass is 35.5. The van der Waals surface area contributed by atoms with Gasteiger partial charge >= 0.3 is 0 Å². The first-order valence-corrected chi connectivity index (χ1v) is 7.42. The third kappa shape index (κ3) is 4.38. The Hall–Kier alpha value is -1.20. The SMILES string of the molecule is C[C@H]([NH2+]CC(=O)Nc1cc(Cl)c(Cl)cc1Cl)c1ccco1. The Morgan fingerprint density at radius 2 is 2.00 bits per heavy atom. The molecular formula is C14H14Cl3N2O2+. The van der Waals surface area contributed by atoms with E-state index in [1.54, 1.807) is 6.26 Å². The molecule has 21 heavy (non-hydrogen) atoms. The number of nitrogens with two attached hydrogens (primary N) is 1. The van der Waals surface area contributed by atoms with Crippen molar-refractivity contribution in [3.8, 4) is 0 Å². The van der Waals surface area contributed by atoms with Gasteiger partial charge in [0.05, 0.1) is 27.0 Å². The zero-order chi connectivity index (χ0) is 15.4. The molecule has 0 unspecified atom stereocenters. The summed E-state index contributed by atoms with van der Waals surface area (Å²) in [5, 5.41) is 5.59. The average molecular weight is 349 g/mol. The average Bonchev–Trinajstić information content (AvgIpc) is 2.96. The minimum Gasteiger partial charge on any atom is -0.463 e. The molecule has 1 aromatic carbocycles. The summed E-state index contributed by atoms with van der Waals surface area (Å²) in [4.78, 5) is 11.9. The van der Waals surface area contributed by atoms with Crippen molar-refractivity contribution in [2.24, 2.45) is 0 Å². The molecule has 0 aliphatic heterocycles. The summed E-state index contributed by atoms with van der Waals surface area (Å²) < 4.78 is 5.28. The van der Waals surface area contributed by atoms with Crippen molar-refractivity contribution in [1.29, 1.82) is 0 Å². The van der Waals surface area contributed by atoms with Crippen molar-refractivity contribution in [1.82, 2.24) is 0 Å². The van der Waals surface area contributed by atoms with Gasteiger partial charge in [-0.15, -0.1) is 0 Å². The third-order valence-corrected chi connectivity index (χ3v) is 3.97. The van der Waals surface area contributed by atoms with E-state index in [2.05, 4.69) is 5.32 Å². The first-order valence-electron chi connectivity index (χ1n) is 6.28. The number of carbonyl (C=O) groups is 1. The topological polar surface area (TPSA) is 58.9 Å². The van der Waals surface area contributed by atoms with Crippen LogP contribution in [0.4, 0.5) is 5.69 Å². The van der Waals surface area contributed by atoms with E-state index in [0.29, 0.717) is 20.8 Å². The molecule has 0 saturated carbocycles. The Balaban J connectivity index is 1.92. The summed E-state index contributed by atoms with van der Waals surface area (Å²) in [5.74, 6) is 0.629. The highest BCUT2D eigenvalue weighted by Gasteiger charge is 2.15. The third-order valence-electron chi connectivity index (χ3n) is 2.93. The monoisotopic (exact) mass is 347 g/mol. The summed E-state index contributed by atoms with van der Waals surface area (Å²) in [6.07, 6.45) is 1.61.